The first-order valence-electron chi connectivity index (χ1n) is 6.08. The van der Waals surface area contributed by atoms with E-state index in [9.17, 15) is 9.90 Å². The lowest BCUT2D eigenvalue weighted by molar-refractivity contribution is 0.0671. The fraction of sp³-hybridized carbons (Fsp3) is 0.500. The summed E-state index contributed by atoms with van der Waals surface area (Å²) in [4.78, 5) is 12.8. The molecule has 3 N–H and O–H groups in total. The van der Waals surface area contributed by atoms with E-state index in [4.69, 9.17) is 5.73 Å². The van der Waals surface area contributed by atoms with Gasteiger partial charge < -0.3 is 10.8 Å². The van der Waals surface area contributed by atoms with Crippen molar-refractivity contribution in [3.63, 3.8) is 0 Å². The van der Waals surface area contributed by atoms with E-state index in [1.807, 2.05) is 58.0 Å². The first-order chi connectivity index (χ1) is 8.25. The maximum atomic E-state index is 11.4. The molecule has 0 bridgehead atoms. The van der Waals surface area contributed by atoms with E-state index in [-0.39, 0.29) is 12.1 Å². The Bertz CT molecular complexity index is 398. The van der Waals surface area contributed by atoms with Crippen LogP contribution in [0, 0.1) is 0 Å². The number of rotatable bonds is 3. The molecule has 1 aromatic rings. The molecule has 0 saturated carbocycles. The summed E-state index contributed by atoms with van der Waals surface area (Å²) >= 11 is 0. The van der Waals surface area contributed by atoms with E-state index in [1.165, 1.54) is 4.90 Å². The van der Waals surface area contributed by atoms with Crippen molar-refractivity contribution in [2.45, 2.75) is 45.3 Å². The van der Waals surface area contributed by atoms with Crippen molar-refractivity contribution < 1.29 is 9.90 Å². The average molecular weight is 250 g/mol. The van der Waals surface area contributed by atoms with E-state index in [0.29, 0.717) is 0 Å². The number of benzene rings is 1. The highest BCUT2D eigenvalue weighted by molar-refractivity contribution is 5.66. The van der Waals surface area contributed by atoms with Gasteiger partial charge in [0.1, 0.15) is 0 Å². The van der Waals surface area contributed by atoms with Crippen LogP contribution in [0.4, 0.5) is 4.79 Å². The molecule has 0 aromatic heterocycles. The predicted octanol–water partition coefficient (Wildman–Crippen LogP) is 2.85. The van der Waals surface area contributed by atoms with Crippen molar-refractivity contribution >= 4 is 6.09 Å². The standard InChI is InChI=1S/C14H22N2O2/c1-10(16(13(17)18)14(2,3)4)12(15)11-8-6-5-7-9-11/h5-10,12H,15H2,1-4H3,(H,17,18)/t10-,12+/m0/s1. The zero-order valence-electron chi connectivity index (χ0n) is 11.4. The Morgan fingerprint density at radius 3 is 2.17 bits per heavy atom. The molecule has 0 aliphatic carbocycles. The van der Waals surface area contributed by atoms with Crippen LogP contribution in [0.2, 0.25) is 0 Å². The van der Waals surface area contributed by atoms with Crippen molar-refractivity contribution in [2.24, 2.45) is 5.73 Å². The predicted molar refractivity (Wildman–Crippen MR) is 72.4 cm³/mol. The van der Waals surface area contributed by atoms with E-state index in [0.717, 1.165) is 5.56 Å². The summed E-state index contributed by atoms with van der Waals surface area (Å²) < 4.78 is 0. The first kappa shape index (κ1) is 14.5. The Hall–Kier alpha value is -1.55. The summed E-state index contributed by atoms with van der Waals surface area (Å²) in [7, 11) is 0. The second-order valence-electron chi connectivity index (χ2n) is 5.50. The van der Waals surface area contributed by atoms with Crippen molar-refractivity contribution in [1.29, 1.82) is 0 Å². The Morgan fingerprint density at radius 1 is 1.28 bits per heavy atom. The topological polar surface area (TPSA) is 66.6 Å². The lowest BCUT2D eigenvalue weighted by atomic mass is 9.96. The van der Waals surface area contributed by atoms with Crippen LogP contribution in [0.5, 0.6) is 0 Å². The van der Waals surface area contributed by atoms with Gasteiger partial charge in [-0.2, -0.15) is 0 Å². The number of nitrogens with two attached hydrogens (primary N) is 1. The molecule has 4 nitrogen and oxygen atoms in total. The lowest BCUT2D eigenvalue weighted by Crippen LogP contribution is -2.53. The summed E-state index contributed by atoms with van der Waals surface area (Å²) in [5.74, 6) is 0. The van der Waals surface area contributed by atoms with Gasteiger partial charge >= 0.3 is 6.09 Å². The minimum Gasteiger partial charge on any atom is -0.465 e. The molecule has 1 aromatic carbocycles. The minimum absolute atomic E-state index is 0.287. The largest absolute Gasteiger partial charge is 0.465 e. The van der Waals surface area contributed by atoms with Crippen LogP contribution >= 0.6 is 0 Å². The molecule has 0 heterocycles. The number of carbonyl (C=O) groups is 1. The summed E-state index contributed by atoms with van der Waals surface area (Å²) in [5.41, 5.74) is 6.64. The first-order valence-corrected chi connectivity index (χ1v) is 6.08. The number of hydrogen-bond acceptors (Lipinski definition) is 2. The maximum absolute atomic E-state index is 11.4. The van der Waals surface area contributed by atoms with Gasteiger partial charge in [-0.1, -0.05) is 30.3 Å². The van der Waals surface area contributed by atoms with Gasteiger partial charge in [-0.15, -0.1) is 0 Å². The molecule has 0 aliphatic rings. The van der Waals surface area contributed by atoms with E-state index in [2.05, 4.69) is 0 Å². The average Bonchev–Trinajstić information content (AvgIpc) is 2.26. The maximum Gasteiger partial charge on any atom is 0.408 e. The molecule has 0 aliphatic heterocycles. The molecule has 4 heteroatoms. The number of hydrogen-bond donors (Lipinski definition) is 2. The van der Waals surface area contributed by atoms with Crippen molar-refractivity contribution in [3.05, 3.63) is 35.9 Å². The Labute approximate surface area is 108 Å². The summed E-state index contributed by atoms with van der Waals surface area (Å²) in [6.07, 6.45) is -0.943. The van der Waals surface area contributed by atoms with Crippen LogP contribution in [0.25, 0.3) is 0 Å². The Balaban J connectivity index is 2.98. The third kappa shape index (κ3) is 3.23. The number of amides is 1. The smallest absolute Gasteiger partial charge is 0.408 e. The van der Waals surface area contributed by atoms with Gasteiger partial charge in [0, 0.05) is 5.54 Å². The van der Waals surface area contributed by atoms with Gasteiger partial charge in [0.2, 0.25) is 0 Å². The van der Waals surface area contributed by atoms with Gasteiger partial charge in [0.15, 0.2) is 0 Å². The van der Waals surface area contributed by atoms with Crippen molar-refractivity contribution in [2.75, 3.05) is 0 Å². The molecular formula is C14H22N2O2. The van der Waals surface area contributed by atoms with Crippen LogP contribution in [-0.2, 0) is 0 Å². The van der Waals surface area contributed by atoms with Gasteiger partial charge in [-0.05, 0) is 33.3 Å². The third-order valence-corrected chi connectivity index (χ3v) is 3.04. The fourth-order valence-electron chi connectivity index (χ4n) is 2.19. The normalized spacial score (nSPS) is 14.9. The second kappa shape index (κ2) is 5.40. The molecule has 100 valence electrons. The Morgan fingerprint density at radius 2 is 1.78 bits per heavy atom. The van der Waals surface area contributed by atoms with Gasteiger partial charge in [-0.25, -0.2) is 4.79 Å². The van der Waals surface area contributed by atoms with Gasteiger partial charge in [0.25, 0.3) is 0 Å². The summed E-state index contributed by atoms with van der Waals surface area (Å²) in [5, 5.41) is 9.35. The minimum atomic E-state index is -0.943. The van der Waals surface area contributed by atoms with E-state index < -0.39 is 11.6 Å². The highest BCUT2D eigenvalue weighted by atomic mass is 16.4. The molecular weight excluding hydrogens is 228 g/mol. The zero-order chi connectivity index (χ0) is 13.9. The van der Waals surface area contributed by atoms with Crippen LogP contribution in [0.3, 0.4) is 0 Å². The number of carboxylic acid groups (broad SMARTS) is 1. The Kier molecular flexibility index (Phi) is 4.35. The molecule has 0 spiro atoms. The quantitative estimate of drug-likeness (QED) is 0.866. The molecule has 0 radical (unpaired) electrons. The summed E-state index contributed by atoms with van der Waals surface area (Å²) in [6.45, 7) is 7.46. The van der Waals surface area contributed by atoms with Gasteiger partial charge in [0.05, 0.1) is 12.1 Å². The van der Waals surface area contributed by atoms with E-state index >= 15 is 0 Å². The lowest BCUT2D eigenvalue weighted by Gasteiger charge is -2.40. The van der Waals surface area contributed by atoms with Crippen LogP contribution in [-0.4, -0.2) is 27.7 Å². The third-order valence-electron chi connectivity index (χ3n) is 3.04. The molecule has 1 rings (SSSR count). The monoisotopic (exact) mass is 250 g/mol. The molecule has 0 fully saturated rings. The van der Waals surface area contributed by atoms with Crippen LogP contribution in [0.15, 0.2) is 30.3 Å². The van der Waals surface area contributed by atoms with E-state index in [1.54, 1.807) is 0 Å². The molecule has 18 heavy (non-hydrogen) atoms. The SMILES string of the molecule is C[C@@H]([C@@H](N)c1ccccc1)N(C(=O)O)C(C)(C)C. The molecule has 0 unspecified atom stereocenters. The fourth-order valence-corrected chi connectivity index (χ4v) is 2.19. The second-order valence-corrected chi connectivity index (χ2v) is 5.50. The molecule has 2 atom stereocenters. The van der Waals surface area contributed by atoms with Crippen molar-refractivity contribution in [3.8, 4) is 0 Å². The summed E-state index contributed by atoms with van der Waals surface area (Å²) in [6, 6.07) is 8.95. The van der Waals surface area contributed by atoms with Gasteiger partial charge in [-0.3, -0.25) is 4.90 Å². The van der Waals surface area contributed by atoms with Crippen LogP contribution < -0.4 is 5.73 Å². The molecule has 1 amide bonds. The number of nitrogens with zero attached hydrogens (tertiary/aromatic N) is 1. The molecule has 0 saturated heterocycles. The highest BCUT2D eigenvalue weighted by Gasteiger charge is 2.34. The zero-order valence-corrected chi connectivity index (χ0v) is 11.4. The highest BCUT2D eigenvalue weighted by Crippen LogP contribution is 2.25. The van der Waals surface area contributed by atoms with Crippen molar-refractivity contribution in [1.82, 2.24) is 4.90 Å². The van der Waals surface area contributed by atoms with Crippen LogP contribution in [0.1, 0.15) is 39.3 Å².